The van der Waals surface area contributed by atoms with Crippen molar-refractivity contribution >= 4 is 60.9 Å². The molecule has 0 saturated carbocycles. The average molecular weight is 655 g/mol. The fraction of sp³-hybridized carbons (Fsp3) is 0. The third kappa shape index (κ3) is 5.13. The van der Waals surface area contributed by atoms with E-state index < -0.39 is 0 Å². The second-order valence-corrected chi connectivity index (χ2v) is 12.8. The Morgan fingerprint density at radius 1 is 0.392 bits per heavy atom. The Bertz CT molecular complexity index is 2850. The van der Waals surface area contributed by atoms with Crippen molar-refractivity contribution in [2.45, 2.75) is 0 Å². The molecular weight excluding hydrogens is 625 g/mol. The summed E-state index contributed by atoms with van der Waals surface area (Å²) in [7, 11) is 0. The molecule has 8 aromatic carbocycles. The SMILES string of the molecule is c1ccc(-c2cccc(N(c3cccc(-c4ccc5ccccc5c4)c3)c3ccc4c(c3)oc3cccc(-c5nc6ccccc6o5)c34)c2)cc1. The van der Waals surface area contributed by atoms with Gasteiger partial charge in [-0.2, -0.15) is 0 Å². The molecule has 0 N–H and O–H groups in total. The Hall–Kier alpha value is -6.91. The molecule has 10 aromatic rings. The molecule has 0 radical (unpaired) electrons. The van der Waals surface area contributed by atoms with Crippen LogP contribution < -0.4 is 4.90 Å². The van der Waals surface area contributed by atoms with Gasteiger partial charge in [0.15, 0.2) is 5.58 Å². The van der Waals surface area contributed by atoms with Crippen LogP contribution >= 0.6 is 0 Å². The molecule has 0 aliphatic rings. The zero-order valence-electron chi connectivity index (χ0n) is 27.5. The van der Waals surface area contributed by atoms with E-state index in [0.717, 1.165) is 66.8 Å². The first kappa shape index (κ1) is 29.0. The molecule has 0 aliphatic carbocycles. The number of para-hydroxylation sites is 2. The molecule has 4 heteroatoms. The Morgan fingerprint density at radius 3 is 1.86 bits per heavy atom. The third-order valence-corrected chi connectivity index (χ3v) is 9.66. The number of aromatic nitrogens is 1. The molecular formula is C47H30N2O2. The standard InChI is InChI=1S/C47H30N2O2/c1-2-11-31(12-3-1)34-15-8-17-37(28-34)49(38-18-9-16-35(29-38)36-24-23-32-13-4-5-14-33(32)27-36)39-25-26-40-45(30-39)50-44-22-10-19-41(46(40)44)47-48-42-20-6-7-21-43(42)51-47/h1-30H. The number of fused-ring (bicyclic) bond motifs is 5. The zero-order valence-corrected chi connectivity index (χ0v) is 27.5. The van der Waals surface area contributed by atoms with Crippen molar-refractivity contribution in [3.05, 3.63) is 182 Å². The minimum Gasteiger partial charge on any atom is -0.456 e. The quantitative estimate of drug-likeness (QED) is 0.179. The van der Waals surface area contributed by atoms with Crippen LogP contribution in [-0.2, 0) is 0 Å². The number of benzene rings is 8. The van der Waals surface area contributed by atoms with Gasteiger partial charge in [-0.1, -0.05) is 109 Å². The van der Waals surface area contributed by atoms with Crippen molar-refractivity contribution in [3.63, 3.8) is 0 Å². The van der Waals surface area contributed by atoms with Crippen LogP contribution in [0.4, 0.5) is 17.1 Å². The second-order valence-electron chi connectivity index (χ2n) is 12.8. The van der Waals surface area contributed by atoms with Crippen molar-refractivity contribution in [1.29, 1.82) is 0 Å². The molecule has 0 amide bonds. The van der Waals surface area contributed by atoms with E-state index in [9.17, 15) is 0 Å². The first-order valence-corrected chi connectivity index (χ1v) is 17.1. The smallest absolute Gasteiger partial charge is 0.228 e. The molecule has 0 atom stereocenters. The number of furan rings is 1. The summed E-state index contributed by atoms with van der Waals surface area (Å²) in [6.45, 7) is 0. The molecule has 240 valence electrons. The van der Waals surface area contributed by atoms with Crippen LogP contribution in [0.3, 0.4) is 0 Å². The fourth-order valence-corrected chi connectivity index (χ4v) is 7.21. The van der Waals surface area contributed by atoms with Crippen LogP contribution in [0.2, 0.25) is 0 Å². The number of hydrogen-bond donors (Lipinski definition) is 0. The van der Waals surface area contributed by atoms with Gasteiger partial charge in [0, 0.05) is 39.5 Å². The number of anilines is 3. The van der Waals surface area contributed by atoms with Gasteiger partial charge in [-0.3, -0.25) is 0 Å². The van der Waals surface area contributed by atoms with Crippen molar-refractivity contribution in [2.24, 2.45) is 0 Å². The summed E-state index contributed by atoms with van der Waals surface area (Å²) in [5.74, 6) is 0.582. The van der Waals surface area contributed by atoms with Crippen molar-refractivity contribution in [1.82, 2.24) is 4.98 Å². The largest absolute Gasteiger partial charge is 0.456 e. The Labute approximate surface area is 294 Å². The molecule has 4 nitrogen and oxygen atoms in total. The molecule has 51 heavy (non-hydrogen) atoms. The lowest BCUT2D eigenvalue weighted by Crippen LogP contribution is -2.10. The lowest BCUT2D eigenvalue weighted by atomic mass is 10.00. The molecule has 2 heterocycles. The van der Waals surface area contributed by atoms with Crippen molar-refractivity contribution < 1.29 is 8.83 Å². The number of oxazole rings is 1. The van der Waals surface area contributed by atoms with Crippen molar-refractivity contribution in [3.8, 4) is 33.7 Å². The first-order valence-electron chi connectivity index (χ1n) is 17.1. The number of hydrogen-bond acceptors (Lipinski definition) is 4. The van der Waals surface area contributed by atoms with Gasteiger partial charge in [0.1, 0.15) is 16.7 Å². The monoisotopic (exact) mass is 654 g/mol. The normalized spacial score (nSPS) is 11.5. The maximum Gasteiger partial charge on any atom is 0.228 e. The summed E-state index contributed by atoms with van der Waals surface area (Å²) in [5, 5.41) is 4.45. The van der Waals surface area contributed by atoms with Gasteiger partial charge in [0.05, 0.1) is 0 Å². The van der Waals surface area contributed by atoms with Gasteiger partial charge >= 0.3 is 0 Å². The second kappa shape index (κ2) is 11.9. The predicted molar refractivity (Wildman–Crippen MR) is 210 cm³/mol. The number of nitrogens with zero attached hydrogens (tertiary/aromatic N) is 2. The molecule has 0 unspecified atom stereocenters. The Morgan fingerprint density at radius 2 is 1.04 bits per heavy atom. The highest BCUT2D eigenvalue weighted by molar-refractivity contribution is 6.12. The summed E-state index contributed by atoms with van der Waals surface area (Å²) in [4.78, 5) is 7.12. The van der Waals surface area contributed by atoms with Gasteiger partial charge in [0.2, 0.25) is 5.89 Å². The Kier molecular flexibility index (Phi) is 6.78. The van der Waals surface area contributed by atoms with Gasteiger partial charge in [-0.15, -0.1) is 0 Å². The zero-order chi connectivity index (χ0) is 33.7. The maximum atomic E-state index is 6.58. The van der Waals surface area contributed by atoms with E-state index >= 15 is 0 Å². The van der Waals surface area contributed by atoms with E-state index in [1.165, 1.54) is 21.9 Å². The third-order valence-electron chi connectivity index (χ3n) is 9.66. The van der Waals surface area contributed by atoms with Crippen LogP contribution in [0.25, 0.3) is 77.5 Å². The molecule has 0 spiro atoms. The molecule has 0 aliphatic heterocycles. The van der Waals surface area contributed by atoms with Crippen LogP contribution in [-0.4, -0.2) is 4.98 Å². The first-order chi connectivity index (χ1) is 25.2. The highest BCUT2D eigenvalue weighted by atomic mass is 16.3. The summed E-state index contributed by atoms with van der Waals surface area (Å²) in [6, 6.07) is 63.6. The fourth-order valence-electron chi connectivity index (χ4n) is 7.21. The van der Waals surface area contributed by atoms with E-state index in [1.54, 1.807) is 0 Å². The number of rotatable bonds is 6. The van der Waals surface area contributed by atoms with Gasteiger partial charge in [-0.05, 0) is 99.8 Å². The van der Waals surface area contributed by atoms with Gasteiger partial charge in [-0.25, -0.2) is 4.98 Å². The highest BCUT2D eigenvalue weighted by Gasteiger charge is 2.20. The molecule has 10 rings (SSSR count). The van der Waals surface area contributed by atoms with E-state index in [4.69, 9.17) is 13.8 Å². The molecule has 0 saturated heterocycles. The maximum absolute atomic E-state index is 6.58. The minimum atomic E-state index is 0.582. The van der Waals surface area contributed by atoms with E-state index in [0.29, 0.717) is 5.89 Å². The molecule has 0 bridgehead atoms. The summed E-state index contributed by atoms with van der Waals surface area (Å²) < 4.78 is 12.8. The highest BCUT2D eigenvalue weighted by Crippen LogP contribution is 2.43. The van der Waals surface area contributed by atoms with Crippen LogP contribution in [0.5, 0.6) is 0 Å². The van der Waals surface area contributed by atoms with E-state index in [-0.39, 0.29) is 0 Å². The van der Waals surface area contributed by atoms with Crippen molar-refractivity contribution in [2.75, 3.05) is 4.90 Å². The van der Waals surface area contributed by atoms with Crippen LogP contribution in [0.1, 0.15) is 0 Å². The van der Waals surface area contributed by atoms with Crippen LogP contribution in [0.15, 0.2) is 191 Å². The van der Waals surface area contributed by atoms with E-state index in [1.807, 2.05) is 36.4 Å². The Balaban J connectivity index is 1.14. The lowest BCUT2D eigenvalue weighted by Gasteiger charge is -2.26. The predicted octanol–water partition coefficient (Wildman–Crippen LogP) is 13.4. The molecule has 0 fully saturated rings. The summed E-state index contributed by atoms with van der Waals surface area (Å²) in [5.41, 5.74) is 11.8. The summed E-state index contributed by atoms with van der Waals surface area (Å²) >= 11 is 0. The summed E-state index contributed by atoms with van der Waals surface area (Å²) in [6.07, 6.45) is 0. The minimum absolute atomic E-state index is 0.582. The van der Waals surface area contributed by atoms with Gasteiger partial charge < -0.3 is 13.7 Å². The average Bonchev–Trinajstić information content (AvgIpc) is 3.80. The topological polar surface area (TPSA) is 42.4 Å². The lowest BCUT2D eigenvalue weighted by molar-refractivity contribution is 0.620. The van der Waals surface area contributed by atoms with Gasteiger partial charge in [0.25, 0.3) is 0 Å². The van der Waals surface area contributed by atoms with Crippen LogP contribution in [0, 0.1) is 0 Å². The molecule has 2 aromatic heterocycles. The van der Waals surface area contributed by atoms with E-state index in [2.05, 4.69) is 150 Å².